The molecular formula is C21H38N4O2. The molecule has 6 heteroatoms. The molecule has 1 rings (SSSR count). The third-order valence-corrected chi connectivity index (χ3v) is 4.63. The lowest BCUT2D eigenvalue weighted by molar-refractivity contribution is 0.252. The summed E-state index contributed by atoms with van der Waals surface area (Å²) in [6.45, 7) is 4.93. The summed E-state index contributed by atoms with van der Waals surface area (Å²) in [5, 5.41) is 5.35. The fourth-order valence-electron chi connectivity index (χ4n) is 3.02. The van der Waals surface area contributed by atoms with Crippen molar-refractivity contribution < 1.29 is 4.79 Å². The van der Waals surface area contributed by atoms with Crippen LogP contribution in [0, 0.1) is 0 Å². The summed E-state index contributed by atoms with van der Waals surface area (Å²) in [5.74, 6) is 0.221. The molecule has 0 saturated heterocycles. The van der Waals surface area contributed by atoms with Crippen molar-refractivity contribution in [1.82, 2.24) is 15.3 Å². The zero-order valence-corrected chi connectivity index (χ0v) is 17.2. The Labute approximate surface area is 163 Å². The molecule has 0 aliphatic carbocycles. The number of carbonyl (C=O) groups is 1. The first-order valence-electron chi connectivity index (χ1n) is 10.8. The molecule has 3 N–H and O–H groups in total. The molecule has 1 aromatic heterocycles. The van der Waals surface area contributed by atoms with E-state index in [4.69, 9.17) is 0 Å². The van der Waals surface area contributed by atoms with Gasteiger partial charge in [-0.1, -0.05) is 78.1 Å². The number of rotatable bonds is 15. The highest BCUT2D eigenvalue weighted by Crippen LogP contribution is 2.11. The molecular weight excluding hydrogens is 340 g/mol. The van der Waals surface area contributed by atoms with Crippen LogP contribution in [0.1, 0.15) is 96.6 Å². The Morgan fingerprint density at radius 3 is 2.15 bits per heavy atom. The summed E-state index contributed by atoms with van der Waals surface area (Å²) in [7, 11) is 0. The zero-order valence-electron chi connectivity index (χ0n) is 17.2. The number of hydrogen-bond acceptors (Lipinski definition) is 3. The molecule has 0 bridgehead atoms. The molecule has 0 atom stereocenters. The Morgan fingerprint density at radius 1 is 0.926 bits per heavy atom. The van der Waals surface area contributed by atoms with E-state index < -0.39 is 0 Å². The topological polar surface area (TPSA) is 86.9 Å². The predicted molar refractivity (Wildman–Crippen MR) is 112 cm³/mol. The number of urea groups is 1. The Morgan fingerprint density at radius 2 is 1.52 bits per heavy atom. The van der Waals surface area contributed by atoms with E-state index in [1.165, 1.54) is 57.4 Å². The minimum atomic E-state index is -0.331. The Bertz CT molecular complexity index is 572. The van der Waals surface area contributed by atoms with Crippen LogP contribution >= 0.6 is 0 Å². The van der Waals surface area contributed by atoms with Gasteiger partial charge in [0, 0.05) is 18.3 Å². The van der Waals surface area contributed by atoms with Gasteiger partial charge in [0.1, 0.15) is 0 Å². The Hall–Kier alpha value is -1.85. The van der Waals surface area contributed by atoms with E-state index >= 15 is 0 Å². The van der Waals surface area contributed by atoms with Crippen molar-refractivity contribution >= 4 is 12.0 Å². The quantitative estimate of drug-likeness (QED) is 0.369. The number of carbonyl (C=O) groups excluding carboxylic acids is 1. The van der Waals surface area contributed by atoms with Gasteiger partial charge in [-0.15, -0.1) is 0 Å². The lowest BCUT2D eigenvalue weighted by Gasteiger charge is -2.07. The van der Waals surface area contributed by atoms with E-state index in [1.54, 1.807) is 0 Å². The van der Waals surface area contributed by atoms with Crippen LogP contribution < -0.4 is 16.2 Å². The number of anilines is 1. The van der Waals surface area contributed by atoms with Crippen molar-refractivity contribution in [2.45, 2.75) is 97.3 Å². The van der Waals surface area contributed by atoms with Crippen LogP contribution in [0.25, 0.3) is 0 Å². The third-order valence-electron chi connectivity index (χ3n) is 4.63. The minimum absolute atomic E-state index is 0.221. The highest BCUT2D eigenvalue weighted by atomic mass is 16.2. The first-order valence-corrected chi connectivity index (χ1v) is 10.8. The smallest absolute Gasteiger partial charge is 0.321 e. The number of nitrogens with one attached hydrogen (secondary N) is 3. The molecule has 0 aliphatic heterocycles. The number of aromatic nitrogens is 2. The SMILES string of the molecule is CCCCCCCCCCCCc1cc(=O)[nH]c(NC(=O)NCCCC)n1. The zero-order chi connectivity index (χ0) is 19.7. The van der Waals surface area contributed by atoms with E-state index in [9.17, 15) is 9.59 Å². The lowest BCUT2D eigenvalue weighted by Crippen LogP contribution is -2.31. The molecule has 154 valence electrons. The molecule has 6 nitrogen and oxygen atoms in total. The number of H-pyrrole nitrogens is 1. The van der Waals surface area contributed by atoms with Crippen LogP contribution in [0.5, 0.6) is 0 Å². The standard InChI is InChI=1S/C21H38N4O2/c1-3-5-7-8-9-10-11-12-13-14-15-18-17-19(26)24-20(23-18)25-21(27)22-16-6-4-2/h17H,3-16H2,1-2H3,(H3,22,23,24,25,26,27). The van der Waals surface area contributed by atoms with Gasteiger partial charge < -0.3 is 5.32 Å². The van der Waals surface area contributed by atoms with Gasteiger partial charge in [0.05, 0.1) is 0 Å². The van der Waals surface area contributed by atoms with Crippen molar-refractivity contribution in [3.63, 3.8) is 0 Å². The van der Waals surface area contributed by atoms with E-state index in [0.29, 0.717) is 6.54 Å². The van der Waals surface area contributed by atoms with Crippen molar-refractivity contribution in [3.8, 4) is 0 Å². The fraction of sp³-hybridized carbons (Fsp3) is 0.762. The normalized spacial score (nSPS) is 10.7. The van der Waals surface area contributed by atoms with Gasteiger partial charge in [-0.3, -0.25) is 15.1 Å². The molecule has 0 fully saturated rings. The van der Waals surface area contributed by atoms with E-state index in [0.717, 1.165) is 37.8 Å². The summed E-state index contributed by atoms with van der Waals surface area (Å²) in [4.78, 5) is 30.5. The number of aryl methyl sites for hydroxylation is 1. The fourth-order valence-corrected chi connectivity index (χ4v) is 3.02. The van der Waals surface area contributed by atoms with Crippen molar-refractivity contribution in [2.75, 3.05) is 11.9 Å². The predicted octanol–water partition coefficient (Wildman–Crippen LogP) is 5.15. The van der Waals surface area contributed by atoms with Gasteiger partial charge in [0.25, 0.3) is 5.56 Å². The maximum Gasteiger partial charge on any atom is 0.321 e. The van der Waals surface area contributed by atoms with Crippen molar-refractivity contribution in [3.05, 3.63) is 22.1 Å². The summed E-state index contributed by atoms with van der Waals surface area (Å²) >= 11 is 0. The molecule has 0 unspecified atom stereocenters. The van der Waals surface area contributed by atoms with Crippen LogP contribution in [-0.2, 0) is 6.42 Å². The third kappa shape index (κ3) is 12.2. The van der Waals surface area contributed by atoms with E-state index in [1.807, 2.05) is 0 Å². The monoisotopic (exact) mass is 378 g/mol. The molecule has 1 heterocycles. The summed E-state index contributed by atoms with van der Waals surface area (Å²) < 4.78 is 0. The molecule has 0 aromatic carbocycles. The minimum Gasteiger partial charge on any atom is -0.338 e. The molecule has 1 aromatic rings. The molecule has 0 radical (unpaired) electrons. The number of unbranched alkanes of at least 4 members (excludes halogenated alkanes) is 10. The largest absolute Gasteiger partial charge is 0.338 e. The van der Waals surface area contributed by atoms with Gasteiger partial charge in [0.2, 0.25) is 5.95 Å². The molecule has 0 spiro atoms. The van der Waals surface area contributed by atoms with Crippen LogP contribution in [0.3, 0.4) is 0 Å². The maximum atomic E-state index is 11.8. The highest BCUT2D eigenvalue weighted by Gasteiger charge is 2.05. The van der Waals surface area contributed by atoms with Crippen molar-refractivity contribution in [1.29, 1.82) is 0 Å². The number of nitrogens with zero attached hydrogens (tertiary/aromatic N) is 1. The van der Waals surface area contributed by atoms with Crippen LogP contribution in [0.2, 0.25) is 0 Å². The molecule has 0 saturated carbocycles. The molecule has 0 aliphatic rings. The highest BCUT2D eigenvalue weighted by molar-refractivity contribution is 5.87. The first kappa shape index (κ1) is 23.2. The second-order valence-corrected chi connectivity index (χ2v) is 7.25. The second-order valence-electron chi connectivity index (χ2n) is 7.25. The summed E-state index contributed by atoms with van der Waals surface area (Å²) in [5.41, 5.74) is 0.512. The summed E-state index contributed by atoms with van der Waals surface area (Å²) in [6.07, 6.45) is 15.5. The van der Waals surface area contributed by atoms with Crippen molar-refractivity contribution in [2.24, 2.45) is 0 Å². The van der Waals surface area contributed by atoms with Gasteiger partial charge in [-0.2, -0.15) is 0 Å². The number of aromatic amines is 1. The van der Waals surface area contributed by atoms with E-state index in [-0.39, 0.29) is 17.5 Å². The average Bonchev–Trinajstić information content (AvgIpc) is 2.63. The summed E-state index contributed by atoms with van der Waals surface area (Å²) in [6, 6.07) is 1.19. The number of hydrogen-bond donors (Lipinski definition) is 3. The van der Waals surface area contributed by atoms with Gasteiger partial charge in [0.15, 0.2) is 0 Å². The molecule has 2 amide bonds. The molecule has 27 heavy (non-hydrogen) atoms. The van der Waals surface area contributed by atoms with E-state index in [2.05, 4.69) is 34.4 Å². The van der Waals surface area contributed by atoms with Gasteiger partial charge in [-0.25, -0.2) is 9.78 Å². The van der Waals surface area contributed by atoms with Crippen LogP contribution in [0.4, 0.5) is 10.7 Å². The Kier molecular flexibility index (Phi) is 13.1. The Balaban J connectivity index is 2.22. The lowest BCUT2D eigenvalue weighted by atomic mass is 10.1. The van der Waals surface area contributed by atoms with Gasteiger partial charge >= 0.3 is 6.03 Å². The average molecular weight is 379 g/mol. The maximum absolute atomic E-state index is 11.8. The van der Waals surface area contributed by atoms with Crippen LogP contribution in [-0.4, -0.2) is 22.5 Å². The second kappa shape index (κ2) is 15.2. The van der Waals surface area contributed by atoms with Crippen LogP contribution in [0.15, 0.2) is 10.9 Å². The first-order chi connectivity index (χ1) is 13.2. The number of amides is 2. The van der Waals surface area contributed by atoms with Gasteiger partial charge in [-0.05, 0) is 19.3 Å².